The molecular weight excluding hydrogens is 240 g/mol. The lowest BCUT2D eigenvalue weighted by atomic mass is 10.00. The van der Waals surface area contributed by atoms with Gasteiger partial charge in [-0.3, -0.25) is 9.59 Å². The van der Waals surface area contributed by atoms with Crippen molar-refractivity contribution < 1.29 is 9.59 Å². The molecule has 1 aliphatic heterocycles. The second-order valence-corrected chi connectivity index (χ2v) is 5.64. The molecule has 1 fully saturated rings. The molecule has 0 bridgehead atoms. The number of hydrogen-bond donors (Lipinski definition) is 0. The molecule has 0 aromatic carbocycles. The molecule has 4 heteroatoms. The molecule has 0 radical (unpaired) electrons. The van der Waals surface area contributed by atoms with Gasteiger partial charge in [0.25, 0.3) is 0 Å². The molecule has 0 spiro atoms. The minimum atomic E-state index is -0.00748. The van der Waals surface area contributed by atoms with Crippen molar-refractivity contribution in [2.24, 2.45) is 5.92 Å². The average Bonchev–Trinajstić information content (AvgIpc) is 2.38. The van der Waals surface area contributed by atoms with Crippen LogP contribution in [0.3, 0.4) is 0 Å². The third kappa shape index (κ3) is 5.21. The molecule has 1 unspecified atom stereocenters. The predicted molar refractivity (Wildman–Crippen MR) is 76.8 cm³/mol. The lowest BCUT2D eigenvalue weighted by Gasteiger charge is -2.31. The van der Waals surface area contributed by atoms with Crippen molar-refractivity contribution in [3.05, 3.63) is 0 Å². The van der Waals surface area contributed by atoms with Crippen molar-refractivity contribution in [2.45, 2.75) is 52.9 Å². The SMILES string of the molecule is CCCN(CCC)C(=O)CC(=O)N1CCCC(C)C1. The molecule has 0 saturated carbocycles. The van der Waals surface area contributed by atoms with E-state index < -0.39 is 0 Å². The van der Waals surface area contributed by atoms with Gasteiger partial charge >= 0.3 is 0 Å². The van der Waals surface area contributed by atoms with E-state index in [-0.39, 0.29) is 18.2 Å². The van der Waals surface area contributed by atoms with Gasteiger partial charge in [-0.05, 0) is 31.6 Å². The van der Waals surface area contributed by atoms with Crippen LogP contribution in [0.5, 0.6) is 0 Å². The number of carbonyl (C=O) groups is 2. The maximum atomic E-state index is 12.1. The van der Waals surface area contributed by atoms with E-state index in [0.717, 1.165) is 45.4 Å². The van der Waals surface area contributed by atoms with Crippen LogP contribution in [0.4, 0.5) is 0 Å². The highest BCUT2D eigenvalue weighted by molar-refractivity contribution is 5.96. The number of amides is 2. The molecule has 110 valence electrons. The summed E-state index contributed by atoms with van der Waals surface area (Å²) in [6.45, 7) is 9.44. The number of hydrogen-bond acceptors (Lipinski definition) is 2. The first-order valence-corrected chi connectivity index (χ1v) is 7.64. The van der Waals surface area contributed by atoms with Gasteiger partial charge < -0.3 is 9.80 Å². The largest absolute Gasteiger partial charge is 0.342 e. The Labute approximate surface area is 117 Å². The topological polar surface area (TPSA) is 40.6 Å². The van der Waals surface area contributed by atoms with Crippen LogP contribution in [-0.2, 0) is 9.59 Å². The van der Waals surface area contributed by atoms with Crippen LogP contribution in [0.25, 0.3) is 0 Å². The third-order valence-electron chi connectivity index (χ3n) is 3.65. The maximum absolute atomic E-state index is 12.1. The van der Waals surface area contributed by atoms with Gasteiger partial charge in [-0.1, -0.05) is 20.8 Å². The van der Waals surface area contributed by atoms with Crippen molar-refractivity contribution in [2.75, 3.05) is 26.2 Å². The van der Waals surface area contributed by atoms with Crippen LogP contribution in [0.2, 0.25) is 0 Å². The minimum absolute atomic E-state index is 0.00748. The normalized spacial score (nSPS) is 19.3. The molecule has 19 heavy (non-hydrogen) atoms. The summed E-state index contributed by atoms with van der Waals surface area (Å²) >= 11 is 0. The molecule has 2 amide bonds. The van der Waals surface area contributed by atoms with Crippen molar-refractivity contribution in [1.82, 2.24) is 9.80 Å². The molecule has 1 atom stereocenters. The minimum Gasteiger partial charge on any atom is -0.342 e. The van der Waals surface area contributed by atoms with Crippen LogP contribution in [-0.4, -0.2) is 47.8 Å². The summed E-state index contributed by atoms with van der Waals surface area (Å²) in [5.74, 6) is 0.566. The summed E-state index contributed by atoms with van der Waals surface area (Å²) in [7, 11) is 0. The molecule has 1 saturated heterocycles. The number of carbonyl (C=O) groups excluding carboxylic acids is 2. The first-order valence-electron chi connectivity index (χ1n) is 7.64. The lowest BCUT2D eigenvalue weighted by Crippen LogP contribution is -2.42. The van der Waals surface area contributed by atoms with Gasteiger partial charge in [-0.15, -0.1) is 0 Å². The number of piperidine rings is 1. The van der Waals surface area contributed by atoms with E-state index in [0.29, 0.717) is 5.92 Å². The highest BCUT2D eigenvalue weighted by Crippen LogP contribution is 2.16. The van der Waals surface area contributed by atoms with Gasteiger partial charge in [-0.2, -0.15) is 0 Å². The summed E-state index contributed by atoms with van der Waals surface area (Å²) in [6, 6.07) is 0. The fraction of sp³-hybridized carbons (Fsp3) is 0.867. The monoisotopic (exact) mass is 268 g/mol. The average molecular weight is 268 g/mol. The lowest BCUT2D eigenvalue weighted by molar-refractivity contribution is -0.141. The zero-order chi connectivity index (χ0) is 14.3. The number of rotatable bonds is 6. The highest BCUT2D eigenvalue weighted by Gasteiger charge is 2.24. The van der Waals surface area contributed by atoms with E-state index in [1.54, 1.807) is 0 Å². The van der Waals surface area contributed by atoms with Gasteiger partial charge in [0.2, 0.25) is 11.8 Å². The molecule has 1 aliphatic rings. The first-order chi connectivity index (χ1) is 9.08. The molecule has 1 heterocycles. The van der Waals surface area contributed by atoms with Crippen LogP contribution >= 0.6 is 0 Å². The Kier molecular flexibility index (Phi) is 6.89. The third-order valence-corrected chi connectivity index (χ3v) is 3.65. The highest BCUT2D eigenvalue weighted by atomic mass is 16.2. The Morgan fingerprint density at radius 2 is 1.84 bits per heavy atom. The van der Waals surface area contributed by atoms with Crippen molar-refractivity contribution in [3.8, 4) is 0 Å². The van der Waals surface area contributed by atoms with E-state index >= 15 is 0 Å². The standard InChI is InChI=1S/C15H28N2O2/c1-4-8-16(9-5-2)14(18)11-15(19)17-10-6-7-13(3)12-17/h13H,4-12H2,1-3H3. The van der Waals surface area contributed by atoms with Crippen LogP contribution in [0.1, 0.15) is 52.9 Å². The molecule has 0 aliphatic carbocycles. The summed E-state index contributed by atoms with van der Waals surface area (Å²) in [5, 5.41) is 0. The zero-order valence-electron chi connectivity index (χ0n) is 12.7. The molecular formula is C15H28N2O2. The van der Waals surface area contributed by atoms with Gasteiger partial charge in [0.05, 0.1) is 0 Å². The Balaban J connectivity index is 2.47. The van der Waals surface area contributed by atoms with E-state index in [2.05, 4.69) is 20.8 Å². The second kappa shape index (κ2) is 8.18. The summed E-state index contributed by atoms with van der Waals surface area (Å²) in [5.41, 5.74) is 0. The van der Waals surface area contributed by atoms with Crippen molar-refractivity contribution in [3.63, 3.8) is 0 Å². The molecule has 0 N–H and O–H groups in total. The van der Waals surface area contributed by atoms with Gasteiger partial charge in [0.1, 0.15) is 6.42 Å². The quantitative estimate of drug-likeness (QED) is 0.693. The smallest absolute Gasteiger partial charge is 0.232 e. The Hall–Kier alpha value is -1.06. The summed E-state index contributed by atoms with van der Waals surface area (Å²) in [4.78, 5) is 28.0. The molecule has 0 aromatic heterocycles. The predicted octanol–water partition coefficient (Wildman–Crippen LogP) is 2.28. The fourth-order valence-corrected chi connectivity index (χ4v) is 2.67. The van der Waals surface area contributed by atoms with E-state index in [4.69, 9.17) is 0 Å². The van der Waals surface area contributed by atoms with Crippen LogP contribution in [0, 0.1) is 5.92 Å². The second-order valence-electron chi connectivity index (χ2n) is 5.64. The fourth-order valence-electron chi connectivity index (χ4n) is 2.67. The Bertz CT molecular complexity index is 284. The molecule has 1 rings (SSSR count). The molecule has 4 nitrogen and oxygen atoms in total. The van der Waals surface area contributed by atoms with Crippen molar-refractivity contribution in [1.29, 1.82) is 0 Å². The van der Waals surface area contributed by atoms with Crippen molar-refractivity contribution >= 4 is 11.8 Å². The van der Waals surface area contributed by atoms with Crippen LogP contribution in [0.15, 0.2) is 0 Å². The van der Waals surface area contributed by atoms with Gasteiger partial charge in [0.15, 0.2) is 0 Å². The van der Waals surface area contributed by atoms with Crippen LogP contribution < -0.4 is 0 Å². The summed E-state index contributed by atoms with van der Waals surface area (Å²) < 4.78 is 0. The van der Waals surface area contributed by atoms with Gasteiger partial charge in [0, 0.05) is 26.2 Å². The van der Waals surface area contributed by atoms with E-state index in [9.17, 15) is 9.59 Å². The van der Waals surface area contributed by atoms with E-state index in [1.165, 1.54) is 6.42 Å². The maximum Gasteiger partial charge on any atom is 0.232 e. The summed E-state index contributed by atoms with van der Waals surface area (Å²) in [6.07, 6.45) is 4.19. The molecule has 0 aromatic rings. The zero-order valence-corrected chi connectivity index (χ0v) is 12.7. The first kappa shape index (κ1) is 16.0. The van der Waals surface area contributed by atoms with Gasteiger partial charge in [-0.25, -0.2) is 0 Å². The number of nitrogens with zero attached hydrogens (tertiary/aromatic N) is 2. The van der Waals surface area contributed by atoms with E-state index in [1.807, 2.05) is 9.80 Å². The number of likely N-dealkylation sites (tertiary alicyclic amines) is 1. The Morgan fingerprint density at radius 3 is 2.37 bits per heavy atom. The Morgan fingerprint density at radius 1 is 1.21 bits per heavy atom.